The van der Waals surface area contributed by atoms with Gasteiger partial charge in [-0.1, -0.05) is 36.4 Å². The molecule has 0 saturated heterocycles. The Labute approximate surface area is 139 Å². The minimum Gasteiger partial charge on any atom is -0.363 e. The zero-order valence-corrected chi connectivity index (χ0v) is 13.3. The highest BCUT2D eigenvalue weighted by molar-refractivity contribution is 5.82. The fourth-order valence-corrected chi connectivity index (χ4v) is 2.87. The van der Waals surface area contributed by atoms with Crippen LogP contribution >= 0.6 is 0 Å². The van der Waals surface area contributed by atoms with Crippen LogP contribution in [0.3, 0.4) is 0 Å². The summed E-state index contributed by atoms with van der Waals surface area (Å²) in [5, 5.41) is 10.7. The van der Waals surface area contributed by atoms with Gasteiger partial charge < -0.3 is 9.64 Å². The third-order valence-corrected chi connectivity index (χ3v) is 4.16. The average Bonchev–Trinajstić information content (AvgIpc) is 2.61. The van der Waals surface area contributed by atoms with E-state index in [0.29, 0.717) is 13.2 Å². The Morgan fingerprint density at radius 1 is 1.25 bits per heavy atom. The first-order valence-corrected chi connectivity index (χ1v) is 7.74. The zero-order valence-electron chi connectivity index (χ0n) is 13.3. The number of amides is 1. The lowest BCUT2D eigenvalue weighted by Crippen LogP contribution is -2.35. The van der Waals surface area contributed by atoms with Crippen LogP contribution in [0.25, 0.3) is 0 Å². The fourth-order valence-electron chi connectivity index (χ4n) is 2.87. The zero-order chi connectivity index (χ0) is 17.1. The predicted molar refractivity (Wildman–Crippen MR) is 88.4 cm³/mol. The summed E-state index contributed by atoms with van der Waals surface area (Å²) >= 11 is 0. The number of ether oxygens (including phenoxy) is 1. The molecule has 24 heavy (non-hydrogen) atoms. The summed E-state index contributed by atoms with van der Waals surface area (Å²) in [6.07, 6.45) is 0.226. The lowest BCUT2D eigenvalue weighted by atomic mass is 9.97. The molecule has 2 aromatic rings. The minimum atomic E-state index is -0.585. The van der Waals surface area contributed by atoms with E-state index in [9.17, 15) is 14.9 Å². The molecule has 0 fully saturated rings. The van der Waals surface area contributed by atoms with Gasteiger partial charge in [-0.3, -0.25) is 14.9 Å². The molecule has 0 N–H and O–H groups in total. The first-order chi connectivity index (χ1) is 11.6. The lowest BCUT2D eigenvalue weighted by molar-refractivity contribution is -0.384. The van der Waals surface area contributed by atoms with Crippen molar-refractivity contribution in [2.45, 2.75) is 19.1 Å². The van der Waals surface area contributed by atoms with Crippen LogP contribution in [0.4, 0.5) is 5.69 Å². The molecule has 2 aromatic carbocycles. The van der Waals surface area contributed by atoms with Gasteiger partial charge in [0, 0.05) is 25.7 Å². The first kappa shape index (κ1) is 16.1. The van der Waals surface area contributed by atoms with Crippen molar-refractivity contribution in [2.24, 2.45) is 0 Å². The van der Waals surface area contributed by atoms with E-state index in [2.05, 4.69) is 0 Å². The number of non-ortho nitro benzene ring substituents is 1. The van der Waals surface area contributed by atoms with Crippen LogP contribution < -0.4 is 0 Å². The summed E-state index contributed by atoms with van der Waals surface area (Å²) in [4.78, 5) is 24.6. The van der Waals surface area contributed by atoms with E-state index < -0.39 is 11.0 Å². The molecular weight excluding hydrogens is 308 g/mol. The summed E-state index contributed by atoms with van der Waals surface area (Å²) in [6, 6.07) is 14.0. The Balaban J connectivity index is 1.72. The molecule has 0 radical (unpaired) electrons. The van der Waals surface area contributed by atoms with Gasteiger partial charge in [0.2, 0.25) is 0 Å². The van der Waals surface area contributed by atoms with Gasteiger partial charge in [0.25, 0.3) is 11.6 Å². The van der Waals surface area contributed by atoms with Crippen molar-refractivity contribution in [3.63, 3.8) is 0 Å². The van der Waals surface area contributed by atoms with Crippen LogP contribution in [0.5, 0.6) is 0 Å². The molecule has 1 aliphatic rings. The summed E-state index contributed by atoms with van der Waals surface area (Å²) in [5.41, 5.74) is 2.94. The maximum Gasteiger partial charge on any atom is 0.269 e. The van der Waals surface area contributed by atoms with Crippen molar-refractivity contribution >= 4 is 11.6 Å². The standard InChI is InChI=1S/C18H18N2O4/c1-19(12-13-6-8-15(9-7-13)20(22)23)18(21)17-16-5-3-2-4-14(16)10-11-24-17/h2-9,17H,10-12H2,1H3. The largest absolute Gasteiger partial charge is 0.363 e. The number of nitro benzene ring substituents is 1. The number of nitrogens with zero attached hydrogens (tertiary/aromatic N) is 2. The molecule has 0 saturated carbocycles. The van der Waals surface area contributed by atoms with Crippen molar-refractivity contribution in [3.8, 4) is 0 Å². The molecule has 124 valence electrons. The van der Waals surface area contributed by atoms with Crippen molar-refractivity contribution in [1.82, 2.24) is 4.90 Å². The second kappa shape index (κ2) is 6.80. The Kier molecular flexibility index (Phi) is 4.57. The number of carbonyl (C=O) groups excluding carboxylic acids is 1. The van der Waals surface area contributed by atoms with Gasteiger partial charge in [-0.15, -0.1) is 0 Å². The minimum absolute atomic E-state index is 0.0391. The average molecular weight is 326 g/mol. The second-order valence-corrected chi connectivity index (χ2v) is 5.82. The quantitative estimate of drug-likeness (QED) is 0.640. The maximum absolute atomic E-state index is 12.7. The first-order valence-electron chi connectivity index (χ1n) is 7.74. The molecule has 6 nitrogen and oxygen atoms in total. The Morgan fingerprint density at radius 2 is 1.96 bits per heavy atom. The Hall–Kier alpha value is -2.73. The van der Waals surface area contributed by atoms with Crippen molar-refractivity contribution in [3.05, 3.63) is 75.3 Å². The molecule has 1 amide bonds. The van der Waals surface area contributed by atoms with Crippen LogP contribution in [-0.4, -0.2) is 29.4 Å². The highest BCUT2D eigenvalue weighted by Crippen LogP contribution is 2.28. The van der Waals surface area contributed by atoms with Gasteiger partial charge in [-0.05, 0) is 23.1 Å². The number of nitro groups is 1. The third kappa shape index (κ3) is 3.28. The van der Waals surface area contributed by atoms with E-state index >= 15 is 0 Å². The monoisotopic (exact) mass is 326 g/mol. The molecule has 1 unspecified atom stereocenters. The molecule has 0 aromatic heterocycles. The van der Waals surface area contributed by atoms with E-state index in [1.54, 1.807) is 24.1 Å². The van der Waals surface area contributed by atoms with Crippen molar-refractivity contribution in [2.75, 3.05) is 13.7 Å². The molecular formula is C18H18N2O4. The molecule has 0 bridgehead atoms. The molecule has 1 aliphatic heterocycles. The normalized spacial score (nSPS) is 16.3. The SMILES string of the molecule is CN(Cc1ccc([N+](=O)[O-])cc1)C(=O)C1OCCc2ccccc21. The number of carbonyl (C=O) groups is 1. The van der Waals surface area contributed by atoms with Crippen molar-refractivity contribution < 1.29 is 14.5 Å². The van der Waals surface area contributed by atoms with Crippen LogP contribution in [0.15, 0.2) is 48.5 Å². The maximum atomic E-state index is 12.7. The van der Waals surface area contributed by atoms with Gasteiger partial charge in [0.1, 0.15) is 0 Å². The molecule has 1 heterocycles. The highest BCUT2D eigenvalue weighted by atomic mass is 16.6. The topological polar surface area (TPSA) is 72.7 Å². The van der Waals surface area contributed by atoms with Crippen LogP contribution in [0.1, 0.15) is 22.8 Å². The van der Waals surface area contributed by atoms with Crippen LogP contribution in [0, 0.1) is 10.1 Å². The molecule has 3 rings (SSSR count). The predicted octanol–water partition coefficient (Wildman–Crippen LogP) is 2.87. The third-order valence-electron chi connectivity index (χ3n) is 4.16. The molecule has 1 atom stereocenters. The Bertz CT molecular complexity index is 758. The number of hydrogen-bond donors (Lipinski definition) is 0. The summed E-state index contributed by atoms with van der Waals surface area (Å²) < 4.78 is 5.70. The van der Waals surface area contributed by atoms with E-state index in [1.807, 2.05) is 24.3 Å². The summed E-state index contributed by atoms with van der Waals surface area (Å²) in [6.45, 7) is 0.900. The van der Waals surface area contributed by atoms with Crippen LogP contribution in [-0.2, 0) is 22.5 Å². The smallest absolute Gasteiger partial charge is 0.269 e. The van der Waals surface area contributed by atoms with Gasteiger partial charge in [0.15, 0.2) is 6.10 Å². The van der Waals surface area contributed by atoms with Gasteiger partial charge >= 0.3 is 0 Å². The van der Waals surface area contributed by atoms with E-state index in [1.165, 1.54) is 12.1 Å². The highest BCUT2D eigenvalue weighted by Gasteiger charge is 2.29. The van der Waals surface area contributed by atoms with Crippen LogP contribution in [0.2, 0.25) is 0 Å². The van der Waals surface area contributed by atoms with Gasteiger partial charge in [-0.25, -0.2) is 0 Å². The van der Waals surface area contributed by atoms with Gasteiger partial charge in [-0.2, -0.15) is 0 Å². The van der Waals surface area contributed by atoms with E-state index in [0.717, 1.165) is 23.1 Å². The number of hydrogen-bond acceptors (Lipinski definition) is 4. The summed E-state index contributed by atoms with van der Waals surface area (Å²) in [5.74, 6) is -0.111. The number of rotatable bonds is 4. The molecule has 6 heteroatoms. The molecule has 0 spiro atoms. The second-order valence-electron chi connectivity index (χ2n) is 5.82. The number of likely N-dealkylation sites (N-methyl/N-ethyl adjacent to an activating group) is 1. The fraction of sp³-hybridized carbons (Fsp3) is 0.278. The number of benzene rings is 2. The number of fused-ring (bicyclic) bond motifs is 1. The van der Waals surface area contributed by atoms with E-state index in [-0.39, 0.29) is 11.6 Å². The summed E-state index contributed by atoms with van der Waals surface area (Å²) in [7, 11) is 1.71. The van der Waals surface area contributed by atoms with Gasteiger partial charge in [0.05, 0.1) is 11.5 Å². The lowest BCUT2D eigenvalue weighted by Gasteiger charge is -2.29. The van der Waals surface area contributed by atoms with E-state index in [4.69, 9.17) is 4.74 Å². The van der Waals surface area contributed by atoms with Crippen molar-refractivity contribution in [1.29, 1.82) is 0 Å². The Morgan fingerprint density at radius 3 is 2.67 bits per heavy atom. The molecule has 0 aliphatic carbocycles.